The van der Waals surface area contributed by atoms with Crippen molar-refractivity contribution in [2.75, 3.05) is 17.7 Å². The number of carbonyl (C=O) groups excluding carboxylic acids is 2. The van der Waals surface area contributed by atoms with E-state index >= 15 is 0 Å². The third kappa shape index (κ3) is 5.05. The van der Waals surface area contributed by atoms with Gasteiger partial charge in [0.1, 0.15) is 4.70 Å². The molecule has 1 amide bonds. The fraction of sp³-hybridized carbons (Fsp3) is 0.200. The Hall–Kier alpha value is -3.43. The van der Waals surface area contributed by atoms with Gasteiger partial charge in [-0.15, -0.1) is 11.3 Å². The van der Waals surface area contributed by atoms with E-state index in [2.05, 4.69) is 10.3 Å². The van der Waals surface area contributed by atoms with Crippen molar-refractivity contribution in [3.63, 3.8) is 0 Å². The van der Waals surface area contributed by atoms with Crippen molar-refractivity contribution in [3.05, 3.63) is 81.0 Å². The highest BCUT2D eigenvalue weighted by atomic mass is 32.2. The van der Waals surface area contributed by atoms with Gasteiger partial charge in [-0.25, -0.2) is 9.78 Å². The minimum absolute atomic E-state index is 0.0621. The lowest BCUT2D eigenvalue weighted by Crippen LogP contribution is -2.22. The number of carbonyl (C=O) groups is 2. The number of benzene rings is 2. The fourth-order valence-corrected chi connectivity index (χ4v) is 4.88. The van der Waals surface area contributed by atoms with Crippen LogP contribution in [0, 0.1) is 13.8 Å². The summed E-state index contributed by atoms with van der Waals surface area (Å²) in [4.78, 5) is 42.3. The molecular formula is C25H23N3O4S2. The van der Waals surface area contributed by atoms with E-state index in [9.17, 15) is 14.4 Å². The summed E-state index contributed by atoms with van der Waals surface area (Å²) in [5.41, 5.74) is 4.35. The van der Waals surface area contributed by atoms with Crippen molar-refractivity contribution in [2.45, 2.75) is 25.9 Å². The van der Waals surface area contributed by atoms with Crippen molar-refractivity contribution in [2.24, 2.45) is 0 Å². The first-order chi connectivity index (χ1) is 16.4. The van der Waals surface area contributed by atoms with Gasteiger partial charge in [-0.05, 0) is 79.7 Å². The number of thioether (sulfide) groups is 1. The number of hydrogen-bond acceptors (Lipinski definition) is 7. The Bertz CT molecular complexity index is 1420. The highest BCUT2D eigenvalue weighted by Crippen LogP contribution is 2.25. The normalized spacial score (nSPS) is 10.9. The van der Waals surface area contributed by atoms with Crippen LogP contribution in [-0.4, -0.2) is 33.8 Å². The molecule has 0 aliphatic rings. The second kappa shape index (κ2) is 10.2. The number of thiophene rings is 1. The van der Waals surface area contributed by atoms with E-state index in [0.29, 0.717) is 38.9 Å². The van der Waals surface area contributed by atoms with E-state index in [1.54, 1.807) is 41.8 Å². The molecule has 4 aromatic rings. The number of rotatable bonds is 7. The Morgan fingerprint density at radius 2 is 1.85 bits per heavy atom. The van der Waals surface area contributed by atoms with Crippen molar-refractivity contribution in [1.82, 2.24) is 9.55 Å². The predicted octanol–water partition coefficient (Wildman–Crippen LogP) is 4.97. The van der Waals surface area contributed by atoms with Crippen LogP contribution in [-0.2, 0) is 9.53 Å². The second-order valence-corrected chi connectivity index (χ2v) is 9.43. The molecule has 0 aliphatic carbocycles. The van der Waals surface area contributed by atoms with Crippen LogP contribution in [0.2, 0.25) is 0 Å². The van der Waals surface area contributed by atoms with E-state index in [-0.39, 0.29) is 17.2 Å². The van der Waals surface area contributed by atoms with Gasteiger partial charge in [0.2, 0.25) is 5.91 Å². The highest BCUT2D eigenvalue weighted by Gasteiger charge is 2.16. The van der Waals surface area contributed by atoms with Crippen LogP contribution < -0.4 is 10.9 Å². The maximum absolute atomic E-state index is 13.3. The van der Waals surface area contributed by atoms with Crippen LogP contribution in [0.5, 0.6) is 0 Å². The number of esters is 1. The Balaban J connectivity index is 1.55. The van der Waals surface area contributed by atoms with Gasteiger partial charge in [-0.3, -0.25) is 14.2 Å². The quantitative estimate of drug-likeness (QED) is 0.222. The van der Waals surface area contributed by atoms with Gasteiger partial charge in [-0.2, -0.15) is 0 Å². The summed E-state index contributed by atoms with van der Waals surface area (Å²) in [6.45, 7) is 6.05. The molecule has 7 nitrogen and oxygen atoms in total. The lowest BCUT2D eigenvalue weighted by Gasteiger charge is -2.13. The molecule has 4 rings (SSSR count). The standard InChI is InChI=1S/C25H23N3O4S2/c1-4-32-24(31)17-6-8-18(9-7-17)26-21(29)14-34-25-27-20-11-12-33-22(20)23(30)28(25)19-10-5-15(2)16(3)13-19/h5-13H,4,14H2,1-3H3,(H,26,29). The summed E-state index contributed by atoms with van der Waals surface area (Å²) in [7, 11) is 0. The molecule has 2 aromatic carbocycles. The summed E-state index contributed by atoms with van der Waals surface area (Å²) in [5, 5.41) is 5.10. The molecular weight excluding hydrogens is 470 g/mol. The van der Waals surface area contributed by atoms with Crippen molar-refractivity contribution < 1.29 is 14.3 Å². The first-order valence-electron chi connectivity index (χ1n) is 10.6. The van der Waals surface area contributed by atoms with Gasteiger partial charge in [0, 0.05) is 5.69 Å². The Kier molecular flexibility index (Phi) is 7.14. The summed E-state index contributed by atoms with van der Waals surface area (Å²) < 4.78 is 7.11. The van der Waals surface area contributed by atoms with E-state index in [4.69, 9.17) is 4.74 Å². The second-order valence-electron chi connectivity index (χ2n) is 7.57. The molecule has 34 heavy (non-hydrogen) atoms. The maximum atomic E-state index is 13.3. The van der Waals surface area contributed by atoms with E-state index in [0.717, 1.165) is 11.1 Å². The first-order valence-corrected chi connectivity index (χ1v) is 12.5. The monoisotopic (exact) mass is 493 g/mol. The Labute approximate surface area is 204 Å². The number of aryl methyl sites for hydroxylation is 2. The van der Waals surface area contributed by atoms with E-state index in [1.165, 1.54) is 23.1 Å². The third-order valence-electron chi connectivity index (χ3n) is 5.21. The number of ether oxygens (including phenoxy) is 1. The molecule has 0 fully saturated rings. The number of fused-ring (bicyclic) bond motifs is 1. The highest BCUT2D eigenvalue weighted by molar-refractivity contribution is 7.99. The summed E-state index contributed by atoms with van der Waals surface area (Å²) in [6, 6.07) is 14.1. The molecule has 0 saturated carbocycles. The molecule has 0 atom stereocenters. The number of aromatic nitrogens is 2. The average molecular weight is 494 g/mol. The largest absolute Gasteiger partial charge is 0.462 e. The number of hydrogen-bond donors (Lipinski definition) is 1. The van der Waals surface area contributed by atoms with E-state index in [1.807, 2.05) is 37.4 Å². The van der Waals surface area contributed by atoms with Crippen molar-refractivity contribution in [3.8, 4) is 5.69 Å². The van der Waals surface area contributed by atoms with Gasteiger partial charge >= 0.3 is 5.97 Å². The first kappa shape index (κ1) is 23.7. The van der Waals surface area contributed by atoms with Crippen LogP contribution in [0.3, 0.4) is 0 Å². The van der Waals surface area contributed by atoms with E-state index < -0.39 is 5.97 Å². The fourth-order valence-electron chi connectivity index (χ4n) is 3.31. The van der Waals surface area contributed by atoms with Crippen LogP contribution >= 0.6 is 23.1 Å². The summed E-state index contributed by atoms with van der Waals surface area (Å²) >= 11 is 2.55. The van der Waals surface area contributed by atoms with Gasteiger partial charge in [0.05, 0.1) is 29.1 Å². The SMILES string of the molecule is CCOC(=O)c1ccc(NC(=O)CSc2nc3ccsc3c(=O)n2-c2ccc(C)c(C)c2)cc1. The molecule has 0 radical (unpaired) electrons. The van der Waals surface area contributed by atoms with Gasteiger partial charge < -0.3 is 10.1 Å². The minimum Gasteiger partial charge on any atom is -0.462 e. The van der Waals surface area contributed by atoms with Crippen LogP contribution in [0.1, 0.15) is 28.4 Å². The summed E-state index contributed by atoms with van der Waals surface area (Å²) in [6.07, 6.45) is 0. The van der Waals surface area contributed by atoms with Crippen LogP contribution in [0.25, 0.3) is 15.9 Å². The molecule has 0 aliphatic heterocycles. The summed E-state index contributed by atoms with van der Waals surface area (Å²) in [5.74, 6) is -0.595. The average Bonchev–Trinajstić information content (AvgIpc) is 3.29. The Morgan fingerprint density at radius 1 is 1.09 bits per heavy atom. The molecule has 2 heterocycles. The molecule has 1 N–H and O–H groups in total. The molecule has 9 heteroatoms. The lowest BCUT2D eigenvalue weighted by molar-refractivity contribution is -0.113. The maximum Gasteiger partial charge on any atom is 0.338 e. The van der Waals surface area contributed by atoms with Crippen LogP contribution in [0.4, 0.5) is 5.69 Å². The zero-order valence-corrected chi connectivity index (χ0v) is 20.6. The number of anilines is 1. The molecule has 0 unspecified atom stereocenters. The number of amides is 1. The van der Waals surface area contributed by atoms with Gasteiger partial charge in [-0.1, -0.05) is 17.8 Å². The topological polar surface area (TPSA) is 90.3 Å². The molecule has 0 bridgehead atoms. The molecule has 0 spiro atoms. The van der Waals surface area contributed by atoms with Gasteiger partial charge in [0.15, 0.2) is 5.16 Å². The van der Waals surface area contributed by atoms with Crippen LogP contribution in [0.15, 0.2) is 63.9 Å². The van der Waals surface area contributed by atoms with Crippen molar-refractivity contribution in [1.29, 1.82) is 0 Å². The smallest absolute Gasteiger partial charge is 0.338 e. The van der Waals surface area contributed by atoms with Crippen molar-refractivity contribution >= 4 is 50.9 Å². The lowest BCUT2D eigenvalue weighted by atomic mass is 10.1. The Morgan fingerprint density at radius 3 is 2.56 bits per heavy atom. The molecule has 174 valence electrons. The van der Waals surface area contributed by atoms with Gasteiger partial charge in [0.25, 0.3) is 5.56 Å². The third-order valence-corrected chi connectivity index (χ3v) is 7.04. The zero-order valence-electron chi connectivity index (χ0n) is 19.0. The number of nitrogens with zero attached hydrogens (tertiary/aromatic N) is 2. The zero-order chi connectivity index (χ0) is 24.2. The number of nitrogens with one attached hydrogen (secondary N) is 1. The molecule has 2 aromatic heterocycles. The predicted molar refractivity (Wildman–Crippen MR) is 136 cm³/mol. The minimum atomic E-state index is -0.407. The molecule has 0 saturated heterocycles.